The van der Waals surface area contributed by atoms with Gasteiger partial charge in [-0.15, -0.1) is 0 Å². The summed E-state index contributed by atoms with van der Waals surface area (Å²) >= 11 is 0. The number of hydrogen-bond acceptors (Lipinski definition) is 8. The average Bonchev–Trinajstić information content (AvgIpc) is 3.44. The first kappa shape index (κ1) is 19.6. The summed E-state index contributed by atoms with van der Waals surface area (Å²) in [6, 6.07) is 7.25. The molecule has 11 heteroatoms. The van der Waals surface area contributed by atoms with E-state index in [2.05, 4.69) is 30.8 Å². The van der Waals surface area contributed by atoms with Gasteiger partial charge in [-0.1, -0.05) is 6.07 Å². The molecule has 0 radical (unpaired) electrons. The first-order chi connectivity index (χ1) is 14.7. The Kier molecular flexibility index (Phi) is 4.15. The van der Waals surface area contributed by atoms with E-state index >= 15 is 0 Å². The van der Waals surface area contributed by atoms with E-state index in [1.165, 1.54) is 23.5 Å². The second kappa shape index (κ2) is 6.57. The fourth-order valence-electron chi connectivity index (χ4n) is 4.73. The number of hydrogen-bond donors (Lipinski definition) is 2. The molecule has 2 bridgehead atoms. The van der Waals surface area contributed by atoms with Crippen molar-refractivity contribution in [2.24, 2.45) is 5.41 Å². The molecule has 31 heavy (non-hydrogen) atoms. The van der Waals surface area contributed by atoms with Crippen LogP contribution >= 0.6 is 0 Å². The third-order valence-corrected chi connectivity index (χ3v) is 7.81. The Bertz CT molecular complexity index is 1320. The number of aryl methyl sites for hydroxylation is 1. The lowest BCUT2D eigenvalue weighted by molar-refractivity contribution is 0.161. The maximum atomic E-state index is 13.1. The number of fused-ring (bicyclic) bond motifs is 1. The largest absolute Gasteiger partial charge is 0.381 e. The fraction of sp³-hybridized carbons (Fsp3) is 0.350. The first-order valence-electron chi connectivity index (χ1n) is 9.79. The van der Waals surface area contributed by atoms with Gasteiger partial charge in [0.1, 0.15) is 12.7 Å². The minimum atomic E-state index is -3.77. The van der Waals surface area contributed by atoms with E-state index in [4.69, 9.17) is 5.73 Å². The number of nitrogen functional groups attached to an aromatic ring is 1. The minimum absolute atomic E-state index is 0.143. The van der Waals surface area contributed by atoms with Gasteiger partial charge < -0.3 is 5.73 Å². The molecule has 1 aromatic carbocycles. The van der Waals surface area contributed by atoms with Crippen LogP contribution in [0.25, 0.3) is 17.1 Å². The molecule has 3 fully saturated rings. The highest BCUT2D eigenvalue weighted by Gasteiger charge is 2.62. The summed E-state index contributed by atoms with van der Waals surface area (Å²) in [6.07, 6.45) is 6.88. The Morgan fingerprint density at radius 3 is 2.77 bits per heavy atom. The van der Waals surface area contributed by atoms with Crippen LogP contribution in [0.3, 0.4) is 0 Å². The number of nitrogens with one attached hydrogen (secondary N) is 1. The Labute approximate surface area is 179 Å². The van der Waals surface area contributed by atoms with Crippen LogP contribution in [0, 0.1) is 23.7 Å². The summed E-state index contributed by atoms with van der Waals surface area (Å²) in [5, 5.41) is 13.4. The highest BCUT2D eigenvalue weighted by atomic mass is 32.2. The van der Waals surface area contributed by atoms with Gasteiger partial charge in [0.15, 0.2) is 11.6 Å². The van der Waals surface area contributed by atoms with Gasteiger partial charge in [-0.2, -0.15) is 15.0 Å². The van der Waals surface area contributed by atoms with E-state index in [1.54, 1.807) is 18.2 Å². The van der Waals surface area contributed by atoms with Crippen LogP contribution in [0.1, 0.15) is 31.2 Å². The molecular formula is C20H20N8O2S. The number of benzene rings is 1. The highest BCUT2D eigenvalue weighted by Crippen LogP contribution is 2.61. The summed E-state index contributed by atoms with van der Waals surface area (Å²) < 4.78 is 30.5. The van der Waals surface area contributed by atoms with Gasteiger partial charge in [-0.3, -0.25) is 0 Å². The molecule has 158 valence electrons. The third kappa shape index (κ3) is 3.15. The van der Waals surface area contributed by atoms with Crippen molar-refractivity contribution in [2.45, 2.75) is 43.0 Å². The number of sulfonamides is 1. The minimum Gasteiger partial charge on any atom is -0.381 e. The van der Waals surface area contributed by atoms with Gasteiger partial charge in [0.05, 0.1) is 28.3 Å². The van der Waals surface area contributed by atoms with Gasteiger partial charge >= 0.3 is 0 Å². The number of aromatic nitrogens is 5. The molecule has 2 heterocycles. The van der Waals surface area contributed by atoms with Gasteiger partial charge in [0.2, 0.25) is 10.0 Å². The SMILES string of the molecule is Cc1ccc(S(=O)(=O)NC23CCC(C#N)(C2)C3)cc1-c1cnc(N)c(-n2cncn2)n1. The molecule has 10 nitrogen and oxygen atoms in total. The maximum absolute atomic E-state index is 13.1. The molecule has 0 aliphatic heterocycles. The maximum Gasteiger partial charge on any atom is 0.241 e. The van der Waals surface area contributed by atoms with Crippen molar-refractivity contribution in [3.8, 4) is 23.1 Å². The number of anilines is 1. The number of nitrogens with two attached hydrogens (primary N) is 1. The molecule has 3 saturated carbocycles. The standard InChI is InChI=1S/C20H20N8O2S/c1-13-2-3-14(31(29,30)27-20-5-4-19(8-20,9-20)10-21)6-15(13)16-7-24-17(22)18(26-16)28-12-23-11-25-28/h2-3,6-7,11-12,27H,4-5,8-9H2,1H3,(H2,22,24). The lowest BCUT2D eigenvalue weighted by Crippen LogP contribution is -2.55. The van der Waals surface area contributed by atoms with Crippen molar-refractivity contribution in [1.82, 2.24) is 29.5 Å². The molecule has 0 spiro atoms. The molecule has 0 unspecified atom stereocenters. The summed E-state index contributed by atoms with van der Waals surface area (Å²) in [5.74, 6) is 0.497. The fourth-order valence-corrected chi connectivity index (χ4v) is 6.18. The molecule has 6 rings (SSSR count). The molecule has 3 N–H and O–H groups in total. The van der Waals surface area contributed by atoms with Crippen LogP contribution in [0.5, 0.6) is 0 Å². The van der Waals surface area contributed by atoms with Gasteiger partial charge in [-0.25, -0.2) is 28.1 Å². The number of nitrogens with zero attached hydrogens (tertiary/aromatic N) is 6. The van der Waals surface area contributed by atoms with Gasteiger partial charge in [0, 0.05) is 11.1 Å². The van der Waals surface area contributed by atoms with Crippen LogP contribution < -0.4 is 10.5 Å². The van der Waals surface area contributed by atoms with E-state index in [1.807, 2.05) is 6.92 Å². The average molecular weight is 437 g/mol. The van der Waals surface area contributed by atoms with Crippen molar-refractivity contribution in [3.63, 3.8) is 0 Å². The Balaban J connectivity index is 1.49. The Morgan fingerprint density at radius 2 is 2.10 bits per heavy atom. The zero-order valence-electron chi connectivity index (χ0n) is 16.8. The first-order valence-corrected chi connectivity index (χ1v) is 11.3. The van der Waals surface area contributed by atoms with Crippen molar-refractivity contribution in [3.05, 3.63) is 42.6 Å². The zero-order chi connectivity index (χ0) is 21.9. The Morgan fingerprint density at radius 1 is 1.29 bits per heavy atom. The molecule has 3 aliphatic rings. The summed E-state index contributed by atoms with van der Waals surface area (Å²) in [4.78, 5) is 12.8. The van der Waals surface area contributed by atoms with Crippen LogP contribution in [-0.4, -0.2) is 38.7 Å². The topological polar surface area (TPSA) is 152 Å². The second-order valence-corrected chi connectivity index (χ2v) is 10.1. The smallest absolute Gasteiger partial charge is 0.241 e. The highest BCUT2D eigenvalue weighted by molar-refractivity contribution is 7.89. The summed E-state index contributed by atoms with van der Waals surface area (Å²) in [5.41, 5.74) is 7.00. The second-order valence-electron chi connectivity index (χ2n) is 8.41. The van der Waals surface area contributed by atoms with E-state index in [0.717, 1.165) is 12.0 Å². The van der Waals surface area contributed by atoms with E-state index < -0.39 is 15.6 Å². The van der Waals surface area contributed by atoms with Crippen LogP contribution in [0.15, 0.2) is 41.9 Å². The predicted octanol–water partition coefficient (Wildman–Crippen LogP) is 1.73. The summed E-state index contributed by atoms with van der Waals surface area (Å²) in [6.45, 7) is 1.87. The molecule has 3 aromatic rings. The van der Waals surface area contributed by atoms with E-state index in [-0.39, 0.29) is 16.1 Å². The van der Waals surface area contributed by atoms with Crippen molar-refractivity contribution in [2.75, 3.05) is 5.73 Å². The van der Waals surface area contributed by atoms with E-state index in [0.29, 0.717) is 36.3 Å². The van der Waals surface area contributed by atoms with Crippen molar-refractivity contribution >= 4 is 15.8 Å². The zero-order valence-corrected chi connectivity index (χ0v) is 17.6. The quantitative estimate of drug-likeness (QED) is 0.613. The molecule has 0 atom stereocenters. The molecule has 0 saturated heterocycles. The molecular weight excluding hydrogens is 416 g/mol. The molecule has 0 amide bonds. The number of rotatable bonds is 5. The lowest BCUT2D eigenvalue weighted by atomic mass is 9.66. The van der Waals surface area contributed by atoms with Crippen LogP contribution in [0.2, 0.25) is 0 Å². The van der Waals surface area contributed by atoms with Gasteiger partial charge in [0.25, 0.3) is 0 Å². The third-order valence-electron chi connectivity index (χ3n) is 6.24. The van der Waals surface area contributed by atoms with Gasteiger partial charge in [-0.05, 0) is 50.3 Å². The monoisotopic (exact) mass is 436 g/mol. The predicted molar refractivity (Wildman–Crippen MR) is 111 cm³/mol. The lowest BCUT2D eigenvalue weighted by Gasteiger charge is -2.43. The van der Waals surface area contributed by atoms with Crippen LogP contribution in [0.4, 0.5) is 5.82 Å². The Hall–Kier alpha value is -3.36. The van der Waals surface area contributed by atoms with Crippen LogP contribution in [-0.2, 0) is 10.0 Å². The van der Waals surface area contributed by atoms with E-state index in [9.17, 15) is 13.7 Å². The summed E-state index contributed by atoms with van der Waals surface area (Å²) in [7, 11) is -3.77. The number of nitriles is 1. The normalized spacial score (nSPS) is 24.5. The van der Waals surface area contributed by atoms with Crippen molar-refractivity contribution in [1.29, 1.82) is 5.26 Å². The molecule has 2 aromatic heterocycles. The van der Waals surface area contributed by atoms with Crippen molar-refractivity contribution < 1.29 is 8.42 Å². The molecule has 3 aliphatic carbocycles.